The summed E-state index contributed by atoms with van der Waals surface area (Å²) < 4.78 is 30.8. The first-order valence-corrected chi connectivity index (χ1v) is 8.47. The Morgan fingerprint density at radius 1 is 1.18 bits per heavy atom. The minimum Gasteiger partial charge on any atom is -0.444 e. The van der Waals surface area contributed by atoms with E-state index < -0.39 is 15.6 Å². The number of hydrogen-bond acceptors (Lipinski definition) is 4. The van der Waals surface area contributed by atoms with Gasteiger partial charge in [0, 0.05) is 27.2 Å². The minimum absolute atomic E-state index is 0.238. The number of rotatable bonds is 2. The van der Waals surface area contributed by atoms with Crippen LogP contribution in [0.2, 0.25) is 0 Å². The average Bonchev–Trinajstić information content (AvgIpc) is 2.79. The number of sulfonamides is 1. The summed E-state index contributed by atoms with van der Waals surface area (Å²) in [6.45, 7) is 6.25. The number of hydrogen-bond donors (Lipinski definition) is 0. The van der Waals surface area contributed by atoms with Crippen molar-refractivity contribution in [1.29, 1.82) is 0 Å². The Morgan fingerprint density at radius 3 is 2.32 bits per heavy atom. The molecule has 1 amide bonds. The fourth-order valence-corrected chi connectivity index (χ4v) is 3.15. The van der Waals surface area contributed by atoms with Gasteiger partial charge in [0.25, 0.3) is 0 Å². The van der Waals surface area contributed by atoms with Gasteiger partial charge in [-0.3, -0.25) is 4.90 Å². The summed E-state index contributed by atoms with van der Waals surface area (Å²) in [4.78, 5) is 13.9. The highest BCUT2D eigenvalue weighted by molar-refractivity contribution is 7.89. The second-order valence-electron chi connectivity index (χ2n) is 6.55. The molecule has 0 spiro atoms. The predicted octanol–water partition coefficient (Wildman–Crippen LogP) is 2.19. The number of fused-ring (bicyclic) bond motifs is 1. The summed E-state index contributed by atoms with van der Waals surface area (Å²) in [5.41, 5.74) is 1.24. The Morgan fingerprint density at radius 2 is 1.77 bits per heavy atom. The van der Waals surface area contributed by atoms with Gasteiger partial charge in [-0.1, -0.05) is 6.07 Å². The van der Waals surface area contributed by atoms with Gasteiger partial charge in [0.1, 0.15) is 5.60 Å². The van der Waals surface area contributed by atoms with E-state index in [1.807, 2.05) is 20.8 Å². The molecule has 0 radical (unpaired) electrons. The van der Waals surface area contributed by atoms with Crippen LogP contribution in [-0.4, -0.2) is 43.4 Å². The molecule has 1 aliphatic heterocycles. The van der Waals surface area contributed by atoms with Crippen molar-refractivity contribution in [2.45, 2.75) is 44.4 Å². The maximum Gasteiger partial charge on any atom is 0.410 e. The summed E-state index contributed by atoms with van der Waals surface area (Å²) in [6, 6.07) is 4.97. The van der Waals surface area contributed by atoms with Crippen LogP contribution in [-0.2, 0) is 27.8 Å². The van der Waals surface area contributed by atoms with Crippen LogP contribution in [0.1, 0.15) is 31.9 Å². The predicted molar refractivity (Wildman–Crippen MR) is 82.8 cm³/mol. The fourth-order valence-electron chi connectivity index (χ4n) is 2.20. The fraction of sp³-hybridized carbons (Fsp3) is 0.533. The van der Waals surface area contributed by atoms with Crippen LogP contribution in [0, 0.1) is 0 Å². The van der Waals surface area contributed by atoms with E-state index in [2.05, 4.69) is 0 Å². The Labute approximate surface area is 131 Å². The van der Waals surface area contributed by atoms with E-state index in [1.165, 1.54) is 18.4 Å². The van der Waals surface area contributed by atoms with Crippen molar-refractivity contribution >= 4 is 16.1 Å². The smallest absolute Gasteiger partial charge is 0.410 e. The van der Waals surface area contributed by atoms with Gasteiger partial charge in [-0.05, 0) is 44.0 Å². The van der Waals surface area contributed by atoms with Gasteiger partial charge in [0.15, 0.2) is 0 Å². The van der Waals surface area contributed by atoms with Gasteiger partial charge in [-0.2, -0.15) is 0 Å². The molecular formula is C15H22N2O4S. The highest BCUT2D eigenvalue weighted by Crippen LogP contribution is 2.27. The van der Waals surface area contributed by atoms with Crippen LogP contribution < -0.4 is 0 Å². The third-order valence-electron chi connectivity index (χ3n) is 3.33. The quantitative estimate of drug-likeness (QED) is 0.835. The number of benzene rings is 1. The number of carbonyl (C=O) groups excluding carboxylic acids is 1. The zero-order chi connectivity index (χ0) is 16.7. The van der Waals surface area contributed by atoms with Crippen molar-refractivity contribution in [2.24, 2.45) is 0 Å². The lowest BCUT2D eigenvalue weighted by Crippen LogP contribution is -2.33. The first-order valence-electron chi connectivity index (χ1n) is 7.03. The normalized spacial score (nSPS) is 15.1. The lowest BCUT2D eigenvalue weighted by Gasteiger charge is -2.24. The summed E-state index contributed by atoms with van der Waals surface area (Å²) in [6.07, 6.45) is -0.388. The van der Waals surface area contributed by atoms with Crippen LogP contribution in [0.5, 0.6) is 0 Å². The summed E-state index contributed by atoms with van der Waals surface area (Å²) in [7, 11) is -0.475. The molecule has 1 aliphatic rings. The highest BCUT2D eigenvalue weighted by Gasteiger charge is 2.29. The molecule has 0 N–H and O–H groups in total. The number of nitrogens with zero attached hydrogens (tertiary/aromatic N) is 2. The molecule has 0 atom stereocenters. The third kappa shape index (κ3) is 3.41. The molecule has 0 unspecified atom stereocenters. The molecule has 2 rings (SSSR count). The van der Waals surface area contributed by atoms with Gasteiger partial charge < -0.3 is 4.74 Å². The number of ether oxygens (including phenoxy) is 1. The molecule has 0 aromatic heterocycles. The Balaban J connectivity index is 2.21. The molecule has 7 heteroatoms. The molecule has 1 aromatic carbocycles. The molecular weight excluding hydrogens is 304 g/mol. The van der Waals surface area contributed by atoms with E-state index in [0.717, 1.165) is 11.1 Å². The summed E-state index contributed by atoms with van der Waals surface area (Å²) >= 11 is 0. The molecule has 0 saturated heterocycles. The van der Waals surface area contributed by atoms with E-state index in [4.69, 9.17) is 4.74 Å². The Kier molecular flexibility index (Phi) is 4.23. The topological polar surface area (TPSA) is 66.9 Å². The van der Waals surface area contributed by atoms with E-state index in [1.54, 1.807) is 23.1 Å². The van der Waals surface area contributed by atoms with Crippen LogP contribution in [0.15, 0.2) is 23.1 Å². The second kappa shape index (κ2) is 5.55. The summed E-state index contributed by atoms with van der Waals surface area (Å²) in [5, 5.41) is 0. The third-order valence-corrected chi connectivity index (χ3v) is 5.14. The summed E-state index contributed by atoms with van der Waals surface area (Å²) in [5.74, 6) is 0. The Bertz CT molecular complexity index is 690. The maximum absolute atomic E-state index is 12.2. The van der Waals surface area contributed by atoms with Crippen LogP contribution in [0.25, 0.3) is 0 Å². The molecule has 0 saturated carbocycles. The standard InChI is InChI=1S/C15H22N2O4S/c1-15(2,3)21-14(18)17-9-11-6-7-13(8-12(11)10-17)22(19,20)16(4)5/h6-8H,9-10H2,1-5H3. The molecule has 6 nitrogen and oxygen atoms in total. The van der Waals surface area contributed by atoms with Crippen LogP contribution >= 0.6 is 0 Å². The van der Waals surface area contributed by atoms with Crippen LogP contribution in [0.4, 0.5) is 4.79 Å². The zero-order valence-corrected chi connectivity index (χ0v) is 14.4. The van der Waals surface area contributed by atoms with Gasteiger partial charge >= 0.3 is 6.09 Å². The first kappa shape index (κ1) is 16.8. The van der Waals surface area contributed by atoms with Crippen molar-refractivity contribution in [3.8, 4) is 0 Å². The van der Waals surface area contributed by atoms with E-state index >= 15 is 0 Å². The van der Waals surface area contributed by atoms with E-state index in [9.17, 15) is 13.2 Å². The monoisotopic (exact) mass is 326 g/mol. The van der Waals surface area contributed by atoms with Crippen molar-refractivity contribution < 1.29 is 17.9 Å². The number of carbonyl (C=O) groups is 1. The molecule has 0 bridgehead atoms. The molecule has 1 aromatic rings. The van der Waals surface area contributed by atoms with Crippen molar-refractivity contribution in [3.05, 3.63) is 29.3 Å². The van der Waals surface area contributed by atoms with Crippen molar-refractivity contribution in [2.75, 3.05) is 14.1 Å². The molecule has 0 aliphatic carbocycles. The van der Waals surface area contributed by atoms with Crippen molar-refractivity contribution in [1.82, 2.24) is 9.21 Å². The van der Waals surface area contributed by atoms with E-state index in [0.29, 0.717) is 13.1 Å². The number of amides is 1. The molecule has 122 valence electrons. The molecule has 22 heavy (non-hydrogen) atoms. The largest absolute Gasteiger partial charge is 0.444 e. The maximum atomic E-state index is 12.2. The van der Waals surface area contributed by atoms with E-state index in [-0.39, 0.29) is 11.0 Å². The lowest BCUT2D eigenvalue weighted by molar-refractivity contribution is 0.0242. The SMILES string of the molecule is CN(C)S(=O)(=O)c1ccc2c(c1)CN(C(=O)OC(C)(C)C)C2. The zero-order valence-electron chi connectivity index (χ0n) is 13.6. The molecule has 0 fully saturated rings. The van der Waals surface area contributed by atoms with Crippen molar-refractivity contribution in [3.63, 3.8) is 0 Å². The van der Waals surface area contributed by atoms with Gasteiger partial charge in [0.05, 0.1) is 4.90 Å². The van der Waals surface area contributed by atoms with Gasteiger partial charge in [0.2, 0.25) is 10.0 Å². The second-order valence-corrected chi connectivity index (χ2v) is 8.71. The van der Waals surface area contributed by atoms with Gasteiger partial charge in [-0.25, -0.2) is 17.5 Å². The minimum atomic E-state index is -3.47. The van der Waals surface area contributed by atoms with Gasteiger partial charge in [-0.15, -0.1) is 0 Å². The lowest BCUT2D eigenvalue weighted by atomic mass is 10.1. The average molecular weight is 326 g/mol. The Hall–Kier alpha value is -1.60. The first-order chi connectivity index (χ1) is 10.0. The highest BCUT2D eigenvalue weighted by atomic mass is 32.2. The van der Waals surface area contributed by atoms with Crippen LogP contribution in [0.3, 0.4) is 0 Å². The molecule has 1 heterocycles.